The molecule has 1 aromatic rings. The molecule has 3 nitrogen and oxygen atoms in total. The van der Waals surface area contributed by atoms with E-state index in [1.165, 1.54) is 51.9 Å². The second kappa shape index (κ2) is 11.5. The molecule has 0 bridgehead atoms. The molecule has 10 atom stereocenters. The summed E-state index contributed by atoms with van der Waals surface area (Å²) in [5.74, 6) is 10.5. The summed E-state index contributed by atoms with van der Waals surface area (Å²) >= 11 is 0. The molecule has 4 aliphatic rings. The summed E-state index contributed by atoms with van der Waals surface area (Å²) in [6.45, 7) is 13.8. The summed E-state index contributed by atoms with van der Waals surface area (Å²) in [4.78, 5) is 11.8. The maximum Gasteiger partial charge on any atom is 0.302 e. The minimum atomic E-state index is -1.01. The van der Waals surface area contributed by atoms with E-state index in [0.717, 1.165) is 42.6 Å². The van der Waals surface area contributed by atoms with E-state index < -0.39 is 5.60 Å². The molecule has 0 saturated heterocycles. The highest BCUT2D eigenvalue weighted by atomic mass is 16.5. The minimum absolute atomic E-state index is 0.0325. The Hall–Kier alpha value is -1.79. The van der Waals surface area contributed by atoms with E-state index in [1.807, 2.05) is 30.3 Å². The van der Waals surface area contributed by atoms with Crippen molar-refractivity contribution < 1.29 is 14.6 Å². The quantitative estimate of drug-likeness (QED) is 0.288. The number of esters is 1. The van der Waals surface area contributed by atoms with Crippen molar-refractivity contribution in [2.45, 2.75) is 124 Å². The summed E-state index contributed by atoms with van der Waals surface area (Å²) in [5, 5.41) is 12.8. The van der Waals surface area contributed by atoms with E-state index in [9.17, 15) is 9.90 Å². The first-order chi connectivity index (χ1) is 19.0. The first-order valence-corrected chi connectivity index (χ1v) is 16.4. The largest absolute Gasteiger partial charge is 0.463 e. The van der Waals surface area contributed by atoms with Gasteiger partial charge in [-0.3, -0.25) is 4.79 Å². The van der Waals surface area contributed by atoms with E-state index in [4.69, 9.17) is 4.74 Å². The number of rotatable bonds is 6. The van der Waals surface area contributed by atoms with Crippen LogP contribution in [-0.2, 0) is 9.53 Å². The summed E-state index contributed by atoms with van der Waals surface area (Å²) in [6.07, 6.45) is 12.5. The first-order valence-electron chi connectivity index (χ1n) is 16.4. The van der Waals surface area contributed by atoms with Gasteiger partial charge in [0.05, 0.1) is 0 Å². The van der Waals surface area contributed by atoms with Crippen LogP contribution in [0.2, 0.25) is 0 Å². The van der Waals surface area contributed by atoms with E-state index in [2.05, 4.69) is 46.5 Å². The molecule has 0 heterocycles. The first kappa shape index (κ1) is 29.7. The van der Waals surface area contributed by atoms with Gasteiger partial charge in [-0.2, -0.15) is 0 Å². The van der Waals surface area contributed by atoms with Crippen LogP contribution in [0.3, 0.4) is 0 Å². The fourth-order valence-corrected chi connectivity index (χ4v) is 10.4. The highest BCUT2D eigenvalue weighted by Gasteiger charge is 2.66. The number of benzene rings is 1. The number of carbonyl (C=O) groups is 1. The summed E-state index contributed by atoms with van der Waals surface area (Å²) in [6, 6.07) is 10.2. The number of ether oxygens (including phenoxy) is 1. The third-order valence-corrected chi connectivity index (χ3v) is 12.4. The van der Waals surface area contributed by atoms with Gasteiger partial charge in [0.15, 0.2) is 0 Å². The van der Waals surface area contributed by atoms with Crippen molar-refractivity contribution in [1.29, 1.82) is 0 Å². The van der Waals surface area contributed by atoms with Crippen LogP contribution in [0.15, 0.2) is 30.3 Å². The molecule has 40 heavy (non-hydrogen) atoms. The van der Waals surface area contributed by atoms with Gasteiger partial charge in [-0.1, -0.05) is 83.9 Å². The second-order valence-corrected chi connectivity index (χ2v) is 15.2. The number of hydrogen-bond donors (Lipinski definition) is 1. The third-order valence-electron chi connectivity index (χ3n) is 12.4. The Morgan fingerprint density at radius 3 is 2.40 bits per heavy atom. The van der Waals surface area contributed by atoms with Crippen LogP contribution in [0.5, 0.6) is 0 Å². The van der Waals surface area contributed by atoms with Crippen LogP contribution in [-0.4, -0.2) is 22.8 Å². The van der Waals surface area contributed by atoms with Crippen molar-refractivity contribution in [2.75, 3.05) is 0 Å². The molecule has 0 radical (unpaired) electrons. The molecule has 1 N–H and O–H groups in total. The van der Waals surface area contributed by atoms with Crippen LogP contribution >= 0.6 is 0 Å². The zero-order valence-electron chi connectivity index (χ0n) is 26.0. The topological polar surface area (TPSA) is 46.5 Å². The molecule has 220 valence electrons. The highest BCUT2D eigenvalue weighted by Crippen LogP contribution is 2.70. The van der Waals surface area contributed by atoms with Crippen LogP contribution in [0.4, 0.5) is 0 Å². The predicted octanol–water partition coefficient (Wildman–Crippen LogP) is 8.43. The molecule has 0 amide bonds. The van der Waals surface area contributed by atoms with E-state index >= 15 is 0 Å². The van der Waals surface area contributed by atoms with Crippen molar-refractivity contribution in [2.24, 2.45) is 52.3 Å². The Balaban J connectivity index is 1.47. The number of fused-ring (bicyclic) bond motifs is 5. The van der Waals surface area contributed by atoms with Gasteiger partial charge in [-0.05, 0) is 110 Å². The fourth-order valence-electron chi connectivity index (χ4n) is 10.4. The monoisotopic (exact) mass is 546 g/mol. The lowest BCUT2D eigenvalue weighted by Crippen LogP contribution is -2.63. The van der Waals surface area contributed by atoms with Crippen molar-refractivity contribution >= 4 is 5.97 Å². The van der Waals surface area contributed by atoms with Crippen molar-refractivity contribution in [3.05, 3.63) is 35.9 Å². The zero-order chi connectivity index (χ0) is 28.7. The molecule has 5 rings (SSSR count). The van der Waals surface area contributed by atoms with Crippen LogP contribution in [0, 0.1) is 64.1 Å². The Morgan fingerprint density at radius 1 is 1.00 bits per heavy atom. The van der Waals surface area contributed by atoms with E-state index in [-0.39, 0.29) is 28.8 Å². The predicted molar refractivity (Wildman–Crippen MR) is 162 cm³/mol. The van der Waals surface area contributed by atoms with Gasteiger partial charge in [-0.25, -0.2) is 0 Å². The van der Waals surface area contributed by atoms with Crippen LogP contribution in [0.25, 0.3) is 0 Å². The number of hydrogen-bond acceptors (Lipinski definition) is 3. The molecule has 7 unspecified atom stereocenters. The molecule has 4 aliphatic carbocycles. The molecular weight excluding hydrogens is 492 g/mol. The van der Waals surface area contributed by atoms with Gasteiger partial charge in [0.1, 0.15) is 11.7 Å². The Kier molecular flexibility index (Phi) is 8.52. The lowest BCUT2D eigenvalue weighted by atomic mass is 9.41. The molecule has 1 aromatic carbocycles. The van der Waals surface area contributed by atoms with Gasteiger partial charge in [0, 0.05) is 18.4 Å². The Labute approximate surface area is 244 Å². The van der Waals surface area contributed by atoms with Crippen molar-refractivity contribution in [3.63, 3.8) is 0 Å². The van der Waals surface area contributed by atoms with Crippen LogP contribution < -0.4 is 0 Å². The zero-order valence-corrected chi connectivity index (χ0v) is 26.0. The van der Waals surface area contributed by atoms with Gasteiger partial charge in [-0.15, -0.1) is 0 Å². The molecule has 4 saturated carbocycles. The molecule has 0 aromatic heterocycles. The van der Waals surface area contributed by atoms with Crippen molar-refractivity contribution in [3.8, 4) is 11.8 Å². The third kappa shape index (κ3) is 5.52. The number of carbonyl (C=O) groups excluding carboxylic acids is 1. The average molecular weight is 547 g/mol. The average Bonchev–Trinajstić information content (AvgIpc) is 3.25. The Morgan fingerprint density at radius 2 is 1.70 bits per heavy atom. The summed E-state index contributed by atoms with van der Waals surface area (Å²) in [5.41, 5.74) is 0.414. The highest BCUT2D eigenvalue weighted by molar-refractivity contribution is 5.66. The van der Waals surface area contributed by atoms with Gasteiger partial charge < -0.3 is 9.84 Å². The van der Waals surface area contributed by atoms with E-state index in [1.54, 1.807) is 0 Å². The smallest absolute Gasteiger partial charge is 0.302 e. The SMILES string of the molecule is CC(=O)O[C@H]1CC[C@@]2(C)C(C1)C[C@@](O)(C#Cc1ccccc1)C1C3CCC(C(C)CCCC(C)C)C3(C)CCC12. The lowest BCUT2D eigenvalue weighted by molar-refractivity contribution is -0.202. The maximum absolute atomic E-state index is 12.8. The van der Waals surface area contributed by atoms with Gasteiger partial charge >= 0.3 is 5.97 Å². The second-order valence-electron chi connectivity index (χ2n) is 15.2. The molecular formula is C37H54O3. The van der Waals surface area contributed by atoms with Crippen molar-refractivity contribution in [1.82, 2.24) is 0 Å². The van der Waals surface area contributed by atoms with Gasteiger partial charge in [0.2, 0.25) is 0 Å². The van der Waals surface area contributed by atoms with Crippen LogP contribution in [0.1, 0.15) is 118 Å². The standard InChI is InChI=1S/C37H54O3/c1-25(2)11-10-12-26(3)31-15-16-32-34-33(19-21-36(31,32)6)35(5)20-18-30(40-27(4)38)23-29(35)24-37(34,39)22-17-28-13-8-7-9-14-28/h7-9,13-14,25-26,29-34,39H,10-12,15-16,18-21,23-24H2,1-6H3/t26?,29?,30-,31?,32?,33?,34?,35-,36?,37-/m0/s1. The number of aliphatic hydroxyl groups is 1. The summed E-state index contributed by atoms with van der Waals surface area (Å²) in [7, 11) is 0. The maximum atomic E-state index is 12.8. The molecule has 0 spiro atoms. The Bertz CT molecular complexity index is 1100. The molecule has 0 aliphatic heterocycles. The van der Waals surface area contributed by atoms with E-state index in [0.29, 0.717) is 24.2 Å². The molecule has 3 heteroatoms. The lowest BCUT2D eigenvalue weighted by Gasteiger charge is -2.64. The van der Waals surface area contributed by atoms with Gasteiger partial charge in [0.25, 0.3) is 0 Å². The fraction of sp³-hybridized carbons (Fsp3) is 0.757. The normalized spacial score (nSPS) is 41.2. The molecule has 4 fully saturated rings. The minimum Gasteiger partial charge on any atom is -0.463 e. The summed E-state index contributed by atoms with van der Waals surface area (Å²) < 4.78 is 5.73.